The van der Waals surface area contributed by atoms with E-state index in [9.17, 15) is 82.7 Å². The summed E-state index contributed by atoms with van der Waals surface area (Å²) in [4.78, 5) is 120. The molecule has 6 heterocycles. The fourth-order valence-electron chi connectivity index (χ4n) is 12.7. The van der Waals surface area contributed by atoms with Crippen molar-refractivity contribution >= 4 is 52.5 Å². The van der Waals surface area contributed by atoms with E-state index in [4.69, 9.17) is 9.04 Å². The quantitative estimate of drug-likeness (QED) is 0.0164. The van der Waals surface area contributed by atoms with Crippen molar-refractivity contribution in [3.05, 3.63) is 283 Å². The van der Waals surface area contributed by atoms with Gasteiger partial charge in [-0.2, -0.15) is 0 Å². The van der Waals surface area contributed by atoms with E-state index in [-0.39, 0.29) is 131 Å². The average molecular weight is 1660 g/mol. The molecule has 0 bridgehead atoms. The predicted octanol–water partition coefficient (Wildman–Crippen LogP) is 11.6. The van der Waals surface area contributed by atoms with E-state index in [0.717, 1.165) is 30.4 Å². The van der Waals surface area contributed by atoms with Crippen molar-refractivity contribution in [2.24, 2.45) is 21.1 Å². The molecule has 0 fully saturated rings. The number of rotatable bonds is 27. The molecule has 11 aromatic rings. The molecule has 6 aromatic carbocycles. The summed E-state index contributed by atoms with van der Waals surface area (Å²) in [7, 11) is 4.57. The van der Waals surface area contributed by atoms with Crippen molar-refractivity contribution in [1.29, 1.82) is 0 Å². The number of ether oxygens (including phenoxy) is 6. The van der Waals surface area contributed by atoms with Crippen LogP contribution in [0.3, 0.4) is 0 Å². The molecule has 116 heavy (non-hydrogen) atoms. The van der Waals surface area contributed by atoms with Gasteiger partial charge in [0.1, 0.15) is 17.2 Å². The van der Waals surface area contributed by atoms with Crippen molar-refractivity contribution in [3.8, 4) is 39.8 Å². The van der Waals surface area contributed by atoms with Gasteiger partial charge in [0.2, 0.25) is 0 Å². The first kappa shape index (κ1) is 87.0. The number of hydrogen-bond donors (Lipinski definition) is 1. The maximum absolute atomic E-state index is 13.7. The van der Waals surface area contributed by atoms with Crippen LogP contribution >= 0.6 is 0 Å². The Morgan fingerprint density at radius 3 is 1.15 bits per heavy atom. The molecular formula is C80H74F9MnN9O17. The Kier molecular flexibility index (Phi) is 30.9. The number of pyridine rings is 2. The molecular weight excluding hydrogens is 1580 g/mol. The summed E-state index contributed by atoms with van der Waals surface area (Å²) in [5.41, 5.74) is 4.08. The van der Waals surface area contributed by atoms with Gasteiger partial charge in [-0.15, -0.1) is 39.5 Å². The molecule has 0 radical (unpaired) electrons. The number of aryl methyl sites for hydroxylation is 2. The normalized spacial score (nSPS) is 11.8. The number of nitrogens with zero attached hydrogens (tertiary/aromatic N) is 8. The third-order valence-corrected chi connectivity index (χ3v) is 17.5. The number of benzene rings is 6. The number of nitrogens with one attached hydrogen (secondary N) is 1. The number of halogens is 9. The minimum absolute atomic E-state index is 0.00658. The molecule has 12 rings (SSSR count). The summed E-state index contributed by atoms with van der Waals surface area (Å²) in [6, 6.07) is 43.9. The Labute approximate surface area is 660 Å². The van der Waals surface area contributed by atoms with Crippen LogP contribution in [0.25, 0.3) is 55.6 Å². The molecule has 0 unspecified atom stereocenters. The van der Waals surface area contributed by atoms with Gasteiger partial charge < -0.3 is 33.7 Å². The number of hydrogen-bond acceptors (Lipinski definition) is 20. The van der Waals surface area contributed by atoms with E-state index in [2.05, 4.69) is 43.7 Å². The van der Waals surface area contributed by atoms with Gasteiger partial charge in [-0.3, -0.25) is 66.1 Å². The monoisotopic (exact) mass is 1660 g/mol. The minimum atomic E-state index is -4.87. The summed E-state index contributed by atoms with van der Waals surface area (Å²) >= 11 is -1.44. The SMILES string of the molecule is Cn1c(=O)n(CCCOC=O)c(=O)c2c(Cc3ccccc3)c(-c3cccc(OC(F)(F)F)c3)ncc21.Cn1c(=O)n(CCCOC=O)c(=O)c2c(Cc3ccccc3)c(-c3cccc(OC(F)(F)F)c3)ncc21.Cn1c2c(c(=O)n(CCCOC=O)c1=O)C(Cc1ccccc1)=C(c1cccc(OC(F)(F)F)c1)NC2.[2H]CC.[O]=[Mn]=[O]. The van der Waals surface area contributed by atoms with Gasteiger partial charge in [0.15, 0.2) is 0 Å². The van der Waals surface area contributed by atoms with Gasteiger partial charge >= 0.3 is 58.6 Å². The summed E-state index contributed by atoms with van der Waals surface area (Å²) in [6.07, 6.45) is -10.4. The zero-order valence-electron chi connectivity index (χ0n) is 63.2. The van der Waals surface area contributed by atoms with Crippen LogP contribution in [0.5, 0.6) is 17.2 Å². The summed E-state index contributed by atoms with van der Waals surface area (Å²) in [6.45, 7) is 3.42. The van der Waals surface area contributed by atoms with Crippen LogP contribution in [-0.2, 0) is 118 Å². The number of carbonyl (C=O) groups is 3. The van der Waals surface area contributed by atoms with E-state index in [0.29, 0.717) is 63.7 Å². The summed E-state index contributed by atoms with van der Waals surface area (Å²) in [5, 5.41) is 3.64. The van der Waals surface area contributed by atoms with Gasteiger partial charge in [0, 0.05) is 83.8 Å². The molecule has 1 aliphatic rings. The van der Waals surface area contributed by atoms with Crippen LogP contribution in [0.2, 0.25) is 0 Å². The van der Waals surface area contributed by atoms with Crippen LogP contribution in [0.4, 0.5) is 39.5 Å². The molecule has 36 heteroatoms. The Hall–Kier alpha value is -13.0. The van der Waals surface area contributed by atoms with Crippen molar-refractivity contribution in [1.82, 2.24) is 42.7 Å². The van der Waals surface area contributed by atoms with Crippen LogP contribution in [-0.4, -0.2) is 95.7 Å². The summed E-state index contributed by atoms with van der Waals surface area (Å²) < 4.78 is 172. The van der Waals surface area contributed by atoms with Crippen molar-refractivity contribution in [3.63, 3.8) is 0 Å². The molecule has 0 aliphatic carbocycles. The molecule has 0 amide bonds. The molecule has 1 N–H and O–H groups in total. The van der Waals surface area contributed by atoms with E-state index < -0.39 is 84.9 Å². The zero-order valence-corrected chi connectivity index (χ0v) is 63.4. The van der Waals surface area contributed by atoms with Gasteiger partial charge in [-0.1, -0.05) is 141 Å². The molecule has 0 spiro atoms. The Morgan fingerprint density at radius 1 is 0.466 bits per heavy atom. The van der Waals surface area contributed by atoms with Crippen molar-refractivity contribution < 1.29 is 106 Å². The standard InChI is InChI=1S/C26H24F3N3O5.2C26H22F3N3O5.C2H6.Mn.2O/c3*1-31-21-15-30-23(18-9-5-10-19(14-18)37-26(27,28)29)20(13-17-7-3-2-4-8-17)22(21)24(34)32(25(31)35)11-6-12-36-16-33;1-2;;;/h2-5,7-10,14,16,30H,6,11-13,15H2,1H3;2*2-5,7-10,14-16H,6,11-13H2,1H3;1-2H3;;;/i;;;1D;;;. The molecule has 0 saturated carbocycles. The molecule has 611 valence electrons. The fraction of sp³-hybridized carbons (Fsp3) is 0.263. The van der Waals surface area contributed by atoms with Gasteiger partial charge in [-0.05, 0) is 89.1 Å². The fourth-order valence-corrected chi connectivity index (χ4v) is 12.7. The van der Waals surface area contributed by atoms with Gasteiger partial charge in [0.05, 0.1) is 83.2 Å². The molecule has 26 nitrogen and oxygen atoms in total. The summed E-state index contributed by atoms with van der Waals surface area (Å²) in [5.74, 6) is -1.24. The number of fused-ring (bicyclic) bond motifs is 3. The van der Waals surface area contributed by atoms with E-state index in [1.54, 1.807) is 32.2 Å². The maximum atomic E-state index is 13.7. The van der Waals surface area contributed by atoms with Crippen molar-refractivity contribution in [2.45, 2.75) is 97.6 Å². The zero-order chi connectivity index (χ0) is 85.2. The van der Waals surface area contributed by atoms with E-state index >= 15 is 0 Å². The first-order valence-corrected chi connectivity index (χ1v) is 35.9. The number of allylic oxidation sites excluding steroid dienone is 1. The molecule has 0 saturated heterocycles. The second-order valence-corrected chi connectivity index (χ2v) is 25.1. The van der Waals surface area contributed by atoms with E-state index in [1.807, 2.05) is 91.0 Å². The molecule has 5 aromatic heterocycles. The van der Waals surface area contributed by atoms with Crippen LogP contribution in [0, 0.1) is 0 Å². The van der Waals surface area contributed by atoms with Crippen LogP contribution < -0.4 is 53.3 Å². The van der Waals surface area contributed by atoms with Gasteiger partial charge in [0.25, 0.3) is 36.1 Å². The first-order valence-electron chi connectivity index (χ1n) is 35.7. The van der Waals surface area contributed by atoms with Crippen LogP contribution in [0.1, 0.15) is 79.1 Å². The third-order valence-electron chi connectivity index (χ3n) is 17.5. The van der Waals surface area contributed by atoms with E-state index in [1.165, 1.54) is 94.8 Å². The number of alkyl halides is 9. The van der Waals surface area contributed by atoms with Gasteiger partial charge in [-0.25, -0.2) is 14.4 Å². The third kappa shape index (κ3) is 23.1. The second-order valence-electron chi connectivity index (χ2n) is 24.9. The molecule has 1 aliphatic heterocycles. The Morgan fingerprint density at radius 2 is 0.793 bits per heavy atom. The Bertz CT molecular complexity index is 5540. The number of carbonyl (C=O) groups excluding carboxylic acids is 3. The Balaban J connectivity index is 0.000000212. The average Bonchev–Trinajstić information content (AvgIpc) is 0.756. The predicted molar refractivity (Wildman–Crippen MR) is 401 cm³/mol. The number of aromatic nitrogens is 8. The second kappa shape index (κ2) is 41.2. The van der Waals surface area contributed by atoms with Crippen molar-refractivity contribution in [2.75, 3.05) is 19.8 Å². The van der Waals surface area contributed by atoms with Crippen LogP contribution in [0.15, 0.2) is 205 Å². The first-order chi connectivity index (χ1) is 55.9. The molecule has 0 atom stereocenters. The topological polar surface area (TPSA) is 311 Å².